The summed E-state index contributed by atoms with van der Waals surface area (Å²) in [7, 11) is 2.12. The smallest absolute Gasteiger partial charge is 0.165 e. The van der Waals surface area contributed by atoms with Crippen LogP contribution in [0.1, 0.15) is 56.2 Å². The predicted octanol–water partition coefficient (Wildman–Crippen LogP) is 5.81. The van der Waals surface area contributed by atoms with Crippen LogP contribution in [0.3, 0.4) is 0 Å². The van der Waals surface area contributed by atoms with E-state index in [-0.39, 0.29) is 5.82 Å². The van der Waals surface area contributed by atoms with Gasteiger partial charge in [0.1, 0.15) is 0 Å². The maximum absolute atomic E-state index is 14.6. The Kier molecular flexibility index (Phi) is 5.55. The van der Waals surface area contributed by atoms with Crippen LogP contribution >= 0.6 is 0 Å². The molecular weight excluding hydrogens is 325 g/mol. The minimum Gasteiger partial charge on any atom is -0.490 e. The summed E-state index contributed by atoms with van der Waals surface area (Å²) < 4.78 is 20.2. The minimum atomic E-state index is -0.257. The molecule has 0 N–H and O–H groups in total. The van der Waals surface area contributed by atoms with E-state index >= 15 is 0 Å². The van der Waals surface area contributed by atoms with Gasteiger partial charge >= 0.3 is 0 Å². The maximum Gasteiger partial charge on any atom is 0.165 e. The molecular formula is C23H30FNO. The largest absolute Gasteiger partial charge is 0.490 e. The van der Waals surface area contributed by atoms with Crippen molar-refractivity contribution in [2.24, 2.45) is 0 Å². The highest BCUT2D eigenvalue weighted by atomic mass is 19.1. The zero-order chi connectivity index (χ0) is 18.8. The lowest BCUT2D eigenvalue weighted by atomic mass is 9.88. The summed E-state index contributed by atoms with van der Waals surface area (Å²) in [6, 6.07) is 1.62. The fourth-order valence-electron chi connectivity index (χ4n) is 4.09. The first-order valence-electron chi connectivity index (χ1n) is 9.69. The molecule has 26 heavy (non-hydrogen) atoms. The zero-order valence-corrected chi connectivity index (χ0v) is 16.5. The second-order valence-electron chi connectivity index (χ2n) is 7.55. The third-order valence-corrected chi connectivity index (χ3v) is 5.57. The molecule has 3 rings (SSSR count). The topological polar surface area (TPSA) is 12.5 Å². The quantitative estimate of drug-likeness (QED) is 0.661. The van der Waals surface area contributed by atoms with Gasteiger partial charge in [-0.3, -0.25) is 0 Å². The van der Waals surface area contributed by atoms with E-state index in [1.165, 1.54) is 16.8 Å². The molecule has 0 aromatic heterocycles. The average Bonchev–Trinajstić information content (AvgIpc) is 2.98. The number of halogens is 1. The van der Waals surface area contributed by atoms with E-state index in [9.17, 15) is 4.39 Å². The summed E-state index contributed by atoms with van der Waals surface area (Å²) in [6.07, 6.45) is 7.30. The van der Waals surface area contributed by atoms with Gasteiger partial charge in [-0.1, -0.05) is 25.5 Å². The molecule has 2 heterocycles. The molecule has 0 radical (unpaired) electrons. The molecule has 0 unspecified atom stereocenters. The van der Waals surface area contributed by atoms with E-state index in [4.69, 9.17) is 4.74 Å². The van der Waals surface area contributed by atoms with Gasteiger partial charge in [0.2, 0.25) is 0 Å². The predicted molar refractivity (Wildman–Crippen MR) is 107 cm³/mol. The van der Waals surface area contributed by atoms with Crippen LogP contribution in [0.4, 0.5) is 4.39 Å². The number of nitrogens with zero attached hydrogens (tertiary/aromatic N) is 1. The summed E-state index contributed by atoms with van der Waals surface area (Å²) in [5.74, 6) is 0.189. The van der Waals surface area contributed by atoms with Crippen molar-refractivity contribution in [3.63, 3.8) is 0 Å². The molecule has 0 amide bonds. The van der Waals surface area contributed by atoms with Crippen molar-refractivity contribution < 1.29 is 9.13 Å². The Morgan fingerprint density at radius 3 is 2.88 bits per heavy atom. The number of fused-ring (bicyclic) bond motifs is 1. The maximum atomic E-state index is 14.6. The van der Waals surface area contributed by atoms with Crippen LogP contribution < -0.4 is 4.74 Å². The molecule has 2 aliphatic heterocycles. The zero-order valence-electron chi connectivity index (χ0n) is 16.5. The van der Waals surface area contributed by atoms with E-state index in [1.54, 1.807) is 6.07 Å². The second kappa shape index (κ2) is 7.69. The molecule has 0 aliphatic carbocycles. The fraction of sp³-hybridized carbons (Fsp3) is 0.478. The minimum absolute atomic E-state index is 0.257. The molecule has 0 atom stereocenters. The van der Waals surface area contributed by atoms with Crippen LogP contribution in [0.2, 0.25) is 0 Å². The first-order valence-corrected chi connectivity index (χ1v) is 9.69. The van der Waals surface area contributed by atoms with Crippen LogP contribution in [-0.4, -0.2) is 25.1 Å². The normalized spacial score (nSPS) is 17.4. The van der Waals surface area contributed by atoms with Crippen molar-refractivity contribution >= 4 is 5.57 Å². The number of allylic oxidation sites excluding steroid dienone is 3. The summed E-state index contributed by atoms with van der Waals surface area (Å²) in [6.45, 7) is 12.4. The Balaban J connectivity index is 2.04. The molecule has 0 saturated heterocycles. The third kappa shape index (κ3) is 3.44. The standard InChI is InChI=1S/C23H30FNO/c1-6-8-15(2)13-22-18(10-11-25(22)5)16(3)20-14-21(24)23-19(17(20)4)9-7-12-26-23/h13-14H,3,6-12H2,1-2,4-5H3/b15-13-. The molecule has 1 aromatic carbocycles. The first-order chi connectivity index (χ1) is 12.4. The summed E-state index contributed by atoms with van der Waals surface area (Å²) in [4.78, 5) is 2.28. The van der Waals surface area contributed by atoms with Crippen LogP contribution in [0.25, 0.3) is 5.57 Å². The van der Waals surface area contributed by atoms with Crippen molar-refractivity contribution in [3.05, 3.63) is 58.1 Å². The molecule has 1 aromatic rings. The summed E-state index contributed by atoms with van der Waals surface area (Å²) in [5.41, 5.74) is 7.85. The van der Waals surface area contributed by atoms with Crippen molar-refractivity contribution in [1.82, 2.24) is 4.90 Å². The lowest BCUT2D eigenvalue weighted by molar-refractivity contribution is 0.272. The molecule has 0 bridgehead atoms. The summed E-state index contributed by atoms with van der Waals surface area (Å²) >= 11 is 0. The van der Waals surface area contributed by atoms with E-state index in [2.05, 4.69) is 45.4 Å². The van der Waals surface area contributed by atoms with Gasteiger partial charge in [0, 0.05) is 24.9 Å². The number of likely N-dealkylation sites (N-methyl/N-ethyl adjacent to an activating group) is 1. The van der Waals surface area contributed by atoms with Gasteiger partial charge in [-0.15, -0.1) is 0 Å². The Morgan fingerprint density at radius 2 is 2.15 bits per heavy atom. The lowest BCUT2D eigenvalue weighted by Gasteiger charge is -2.23. The fourth-order valence-corrected chi connectivity index (χ4v) is 4.09. The highest BCUT2D eigenvalue weighted by Gasteiger charge is 2.25. The average molecular weight is 355 g/mol. The van der Waals surface area contributed by atoms with E-state index in [0.717, 1.165) is 60.9 Å². The molecule has 0 spiro atoms. The highest BCUT2D eigenvalue weighted by Crippen LogP contribution is 2.40. The van der Waals surface area contributed by atoms with Gasteiger partial charge in [-0.05, 0) is 73.9 Å². The van der Waals surface area contributed by atoms with Gasteiger partial charge < -0.3 is 9.64 Å². The van der Waals surface area contributed by atoms with Crippen molar-refractivity contribution in [2.45, 2.75) is 52.9 Å². The van der Waals surface area contributed by atoms with Gasteiger partial charge in [0.25, 0.3) is 0 Å². The molecule has 0 fully saturated rings. The van der Waals surface area contributed by atoms with Gasteiger partial charge in [-0.25, -0.2) is 4.39 Å². The molecule has 2 nitrogen and oxygen atoms in total. The molecule has 0 saturated carbocycles. The number of hydrogen-bond acceptors (Lipinski definition) is 2. The molecule has 3 heteroatoms. The molecule has 140 valence electrons. The lowest BCUT2D eigenvalue weighted by Crippen LogP contribution is -2.13. The van der Waals surface area contributed by atoms with Gasteiger partial charge in [0.15, 0.2) is 11.6 Å². The SMILES string of the molecule is C=C(C1=C(/C=C(/C)CCC)N(C)CC1)c1cc(F)c2c(c1C)CCCO2. The highest BCUT2D eigenvalue weighted by molar-refractivity contribution is 5.82. The van der Waals surface area contributed by atoms with Crippen LogP contribution in [0.15, 0.2) is 35.6 Å². The Labute approximate surface area is 157 Å². The number of rotatable bonds is 5. The van der Waals surface area contributed by atoms with Crippen LogP contribution in [0.5, 0.6) is 5.75 Å². The third-order valence-electron chi connectivity index (χ3n) is 5.57. The van der Waals surface area contributed by atoms with Crippen molar-refractivity contribution in [1.29, 1.82) is 0 Å². The van der Waals surface area contributed by atoms with Crippen molar-refractivity contribution in [2.75, 3.05) is 20.2 Å². The monoisotopic (exact) mass is 355 g/mol. The van der Waals surface area contributed by atoms with Gasteiger partial charge in [-0.2, -0.15) is 0 Å². The van der Waals surface area contributed by atoms with Crippen LogP contribution in [-0.2, 0) is 6.42 Å². The Morgan fingerprint density at radius 1 is 1.38 bits per heavy atom. The second-order valence-corrected chi connectivity index (χ2v) is 7.55. The molecule has 2 aliphatic rings. The Bertz CT molecular complexity index is 788. The van der Waals surface area contributed by atoms with E-state index < -0.39 is 0 Å². The summed E-state index contributed by atoms with van der Waals surface area (Å²) in [5, 5.41) is 0. The van der Waals surface area contributed by atoms with Crippen molar-refractivity contribution in [3.8, 4) is 5.75 Å². The van der Waals surface area contributed by atoms with E-state index in [0.29, 0.717) is 12.4 Å². The van der Waals surface area contributed by atoms with E-state index in [1.807, 2.05) is 0 Å². The number of ether oxygens (including phenoxy) is 1. The van der Waals surface area contributed by atoms with Crippen LogP contribution in [0, 0.1) is 12.7 Å². The van der Waals surface area contributed by atoms with Gasteiger partial charge in [0.05, 0.1) is 6.61 Å². The number of hydrogen-bond donors (Lipinski definition) is 0. The first kappa shape index (κ1) is 18.8. The number of benzene rings is 1. The Hall–Kier alpha value is -2.03.